The standard InChI is InChI=1S/C15H27ClN2O3/c1-21-15(20)7-4-2-3-6-14(19)18-12-10-17(11-13-18)9-5-8-16/h2-13H2,1H3. The molecule has 21 heavy (non-hydrogen) atoms. The molecule has 0 unspecified atom stereocenters. The molecule has 1 rings (SSSR count). The molecule has 6 heteroatoms. The molecule has 1 amide bonds. The molecule has 0 spiro atoms. The average Bonchev–Trinajstić information content (AvgIpc) is 2.52. The van der Waals surface area contributed by atoms with E-state index in [1.54, 1.807) is 0 Å². The number of carbonyl (C=O) groups excluding carboxylic acids is 2. The Kier molecular flexibility index (Phi) is 9.42. The summed E-state index contributed by atoms with van der Waals surface area (Å²) in [5, 5.41) is 0. The van der Waals surface area contributed by atoms with Gasteiger partial charge in [-0.25, -0.2) is 0 Å². The predicted molar refractivity (Wildman–Crippen MR) is 83.5 cm³/mol. The second kappa shape index (κ2) is 10.9. The van der Waals surface area contributed by atoms with Crippen LogP contribution in [0.2, 0.25) is 0 Å². The Morgan fingerprint density at radius 3 is 2.29 bits per heavy atom. The van der Waals surface area contributed by atoms with Crippen LogP contribution in [-0.4, -0.2) is 67.4 Å². The minimum atomic E-state index is -0.172. The van der Waals surface area contributed by atoms with E-state index >= 15 is 0 Å². The van der Waals surface area contributed by atoms with Crippen LogP contribution in [0, 0.1) is 0 Å². The van der Waals surface area contributed by atoms with Crippen molar-refractivity contribution in [2.45, 2.75) is 38.5 Å². The van der Waals surface area contributed by atoms with E-state index in [9.17, 15) is 9.59 Å². The summed E-state index contributed by atoms with van der Waals surface area (Å²) in [6, 6.07) is 0. The summed E-state index contributed by atoms with van der Waals surface area (Å²) in [5.41, 5.74) is 0. The highest BCUT2D eigenvalue weighted by atomic mass is 35.5. The van der Waals surface area contributed by atoms with Crippen molar-refractivity contribution < 1.29 is 14.3 Å². The largest absolute Gasteiger partial charge is 0.469 e. The lowest BCUT2D eigenvalue weighted by Crippen LogP contribution is -2.48. The molecule has 0 bridgehead atoms. The molecule has 122 valence electrons. The fourth-order valence-electron chi connectivity index (χ4n) is 2.49. The first-order chi connectivity index (χ1) is 10.2. The molecule has 0 aromatic carbocycles. The monoisotopic (exact) mass is 318 g/mol. The molecule has 0 radical (unpaired) electrons. The van der Waals surface area contributed by atoms with Crippen LogP contribution in [0.1, 0.15) is 38.5 Å². The van der Waals surface area contributed by atoms with Gasteiger partial charge < -0.3 is 9.64 Å². The zero-order valence-corrected chi connectivity index (χ0v) is 13.7. The van der Waals surface area contributed by atoms with E-state index in [0.29, 0.717) is 18.7 Å². The van der Waals surface area contributed by atoms with E-state index in [2.05, 4.69) is 9.64 Å². The summed E-state index contributed by atoms with van der Waals surface area (Å²) in [7, 11) is 1.40. The van der Waals surface area contributed by atoms with Crippen LogP contribution in [0.25, 0.3) is 0 Å². The van der Waals surface area contributed by atoms with Crippen molar-refractivity contribution >= 4 is 23.5 Å². The van der Waals surface area contributed by atoms with E-state index in [1.165, 1.54) is 7.11 Å². The Balaban J connectivity index is 2.07. The number of hydrogen-bond acceptors (Lipinski definition) is 4. The Labute approximate surface area is 132 Å². The topological polar surface area (TPSA) is 49.9 Å². The lowest BCUT2D eigenvalue weighted by atomic mass is 10.1. The molecule has 0 atom stereocenters. The summed E-state index contributed by atoms with van der Waals surface area (Å²) in [4.78, 5) is 27.3. The highest BCUT2D eigenvalue weighted by Gasteiger charge is 2.20. The molecule has 1 aliphatic rings. The SMILES string of the molecule is COC(=O)CCCCCC(=O)N1CCN(CCCCl)CC1. The lowest BCUT2D eigenvalue weighted by molar-refractivity contribution is -0.140. The number of halogens is 1. The number of ether oxygens (including phenoxy) is 1. The first kappa shape index (κ1) is 18.2. The normalized spacial score (nSPS) is 16.0. The summed E-state index contributed by atoms with van der Waals surface area (Å²) < 4.78 is 4.58. The fourth-order valence-corrected chi connectivity index (χ4v) is 2.61. The van der Waals surface area contributed by atoms with Crippen molar-refractivity contribution in [1.29, 1.82) is 0 Å². The third kappa shape index (κ3) is 7.67. The fraction of sp³-hybridized carbons (Fsp3) is 0.867. The Bertz CT molecular complexity index is 318. The first-order valence-electron chi connectivity index (χ1n) is 7.80. The van der Waals surface area contributed by atoms with Crippen molar-refractivity contribution in [3.63, 3.8) is 0 Å². The second-order valence-electron chi connectivity index (χ2n) is 5.40. The maximum absolute atomic E-state index is 12.1. The summed E-state index contributed by atoms with van der Waals surface area (Å²) >= 11 is 5.69. The van der Waals surface area contributed by atoms with Gasteiger partial charge in [0.05, 0.1) is 7.11 Å². The number of amides is 1. The lowest BCUT2D eigenvalue weighted by Gasteiger charge is -2.34. The Hall–Kier alpha value is -0.810. The number of rotatable bonds is 9. The van der Waals surface area contributed by atoms with Crippen LogP contribution >= 0.6 is 11.6 Å². The van der Waals surface area contributed by atoms with Gasteiger partial charge in [-0.3, -0.25) is 14.5 Å². The van der Waals surface area contributed by atoms with Gasteiger partial charge >= 0.3 is 5.97 Å². The van der Waals surface area contributed by atoms with E-state index < -0.39 is 0 Å². The van der Waals surface area contributed by atoms with Crippen LogP contribution in [0.4, 0.5) is 0 Å². The number of nitrogens with zero attached hydrogens (tertiary/aromatic N) is 2. The number of piperazine rings is 1. The molecule has 5 nitrogen and oxygen atoms in total. The van der Waals surface area contributed by atoms with Crippen LogP contribution in [0.15, 0.2) is 0 Å². The number of carbonyl (C=O) groups is 2. The minimum Gasteiger partial charge on any atom is -0.469 e. The molecule has 1 fully saturated rings. The van der Waals surface area contributed by atoms with E-state index in [0.717, 1.165) is 58.4 Å². The first-order valence-corrected chi connectivity index (χ1v) is 8.33. The van der Waals surface area contributed by atoms with E-state index in [1.807, 2.05) is 4.90 Å². The van der Waals surface area contributed by atoms with Crippen LogP contribution < -0.4 is 0 Å². The highest BCUT2D eigenvalue weighted by Crippen LogP contribution is 2.09. The summed E-state index contributed by atoms with van der Waals surface area (Å²) in [6.45, 7) is 4.57. The summed E-state index contributed by atoms with van der Waals surface area (Å²) in [6.07, 6.45) is 4.59. The number of unbranched alkanes of at least 4 members (excludes halogenated alkanes) is 2. The van der Waals surface area contributed by atoms with Crippen molar-refractivity contribution in [2.24, 2.45) is 0 Å². The van der Waals surface area contributed by atoms with Crippen molar-refractivity contribution in [2.75, 3.05) is 45.7 Å². The molecule has 0 aromatic rings. The number of alkyl halides is 1. The molecular formula is C15H27ClN2O3. The van der Waals surface area contributed by atoms with Crippen molar-refractivity contribution in [3.05, 3.63) is 0 Å². The third-order valence-electron chi connectivity index (χ3n) is 3.83. The third-order valence-corrected chi connectivity index (χ3v) is 4.10. The predicted octanol–water partition coefficient (Wildman–Crippen LogP) is 1.88. The van der Waals surface area contributed by atoms with Gasteiger partial charge in [0.1, 0.15) is 0 Å². The van der Waals surface area contributed by atoms with Crippen LogP contribution in [-0.2, 0) is 14.3 Å². The van der Waals surface area contributed by atoms with E-state index in [4.69, 9.17) is 11.6 Å². The van der Waals surface area contributed by atoms with Gasteiger partial charge in [0.25, 0.3) is 0 Å². The van der Waals surface area contributed by atoms with Crippen LogP contribution in [0.3, 0.4) is 0 Å². The molecule has 0 N–H and O–H groups in total. The maximum atomic E-state index is 12.1. The smallest absolute Gasteiger partial charge is 0.305 e. The average molecular weight is 319 g/mol. The quantitative estimate of drug-likeness (QED) is 0.370. The second-order valence-corrected chi connectivity index (χ2v) is 5.78. The zero-order chi connectivity index (χ0) is 15.5. The molecule has 1 heterocycles. The molecule has 0 saturated carbocycles. The van der Waals surface area contributed by atoms with Gasteiger partial charge in [-0.05, 0) is 25.8 Å². The van der Waals surface area contributed by atoms with Crippen LogP contribution in [0.5, 0.6) is 0 Å². The zero-order valence-electron chi connectivity index (χ0n) is 13.0. The maximum Gasteiger partial charge on any atom is 0.305 e. The van der Waals surface area contributed by atoms with Gasteiger partial charge in [-0.2, -0.15) is 0 Å². The van der Waals surface area contributed by atoms with Gasteiger partial charge in [0, 0.05) is 44.9 Å². The molecule has 1 aliphatic heterocycles. The molecule has 0 aliphatic carbocycles. The van der Waals surface area contributed by atoms with Crippen molar-refractivity contribution in [3.8, 4) is 0 Å². The van der Waals surface area contributed by atoms with Gasteiger partial charge in [0.15, 0.2) is 0 Å². The minimum absolute atomic E-state index is 0.172. The Morgan fingerprint density at radius 2 is 1.67 bits per heavy atom. The Morgan fingerprint density at radius 1 is 1.00 bits per heavy atom. The van der Waals surface area contributed by atoms with Crippen molar-refractivity contribution in [1.82, 2.24) is 9.80 Å². The van der Waals surface area contributed by atoms with Gasteiger partial charge in [-0.1, -0.05) is 6.42 Å². The number of methoxy groups -OCH3 is 1. The van der Waals surface area contributed by atoms with E-state index in [-0.39, 0.29) is 11.9 Å². The highest BCUT2D eigenvalue weighted by molar-refractivity contribution is 6.17. The summed E-state index contributed by atoms with van der Waals surface area (Å²) in [5.74, 6) is 0.768. The molecule has 1 saturated heterocycles. The number of esters is 1. The molecule has 0 aromatic heterocycles. The number of hydrogen-bond donors (Lipinski definition) is 0. The molecular weight excluding hydrogens is 292 g/mol. The van der Waals surface area contributed by atoms with Gasteiger partial charge in [-0.15, -0.1) is 11.6 Å². The van der Waals surface area contributed by atoms with Gasteiger partial charge in [0.2, 0.25) is 5.91 Å².